The number of benzene rings is 2. The van der Waals surface area contributed by atoms with E-state index in [0.717, 1.165) is 17.6 Å². The fourth-order valence-electron chi connectivity index (χ4n) is 1.90. The second-order valence-electron chi connectivity index (χ2n) is 4.50. The van der Waals surface area contributed by atoms with Gasteiger partial charge in [-0.15, -0.1) is 0 Å². The van der Waals surface area contributed by atoms with E-state index in [9.17, 15) is 18.0 Å². The van der Waals surface area contributed by atoms with E-state index in [1.54, 1.807) is 18.2 Å². The van der Waals surface area contributed by atoms with E-state index in [1.165, 1.54) is 12.1 Å². The number of fused-ring (bicyclic) bond motifs is 1. The first-order chi connectivity index (χ1) is 10.4. The van der Waals surface area contributed by atoms with Crippen molar-refractivity contribution < 1.29 is 18.0 Å². The first kappa shape index (κ1) is 14.7. The quantitative estimate of drug-likeness (QED) is 0.706. The molecule has 1 heterocycles. The zero-order valence-electron chi connectivity index (χ0n) is 10.9. The van der Waals surface area contributed by atoms with E-state index in [4.69, 9.17) is 0 Å². The van der Waals surface area contributed by atoms with Crippen LogP contribution in [0, 0.1) is 0 Å². The Kier molecular flexibility index (Phi) is 3.72. The van der Waals surface area contributed by atoms with Crippen molar-refractivity contribution in [3.63, 3.8) is 0 Å². The molecule has 0 aliphatic carbocycles. The van der Waals surface area contributed by atoms with E-state index >= 15 is 0 Å². The molecule has 8 heteroatoms. The van der Waals surface area contributed by atoms with E-state index in [1.807, 2.05) is 0 Å². The Labute approximate surface area is 129 Å². The molecule has 0 saturated heterocycles. The minimum atomic E-state index is -4.45. The molecule has 22 heavy (non-hydrogen) atoms. The standard InChI is InChI=1S/C14H8F3N3OSe/c15-14(16,17)9-2-1-3-10(7-9)18-13(21)8-4-5-11-12(6-8)20-22-19-11/h1-7H,(H,18,21). The summed E-state index contributed by atoms with van der Waals surface area (Å²) in [4.78, 5) is 12.1. The Balaban J connectivity index is 1.84. The molecular formula is C14H8F3N3OSe. The number of carbonyl (C=O) groups is 1. The summed E-state index contributed by atoms with van der Waals surface area (Å²) < 4.78 is 46.3. The van der Waals surface area contributed by atoms with Crippen molar-refractivity contribution in [1.29, 1.82) is 0 Å². The van der Waals surface area contributed by atoms with Crippen LogP contribution in [0.5, 0.6) is 0 Å². The maximum absolute atomic E-state index is 12.6. The van der Waals surface area contributed by atoms with Gasteiger partial charge < -0.3 is 0 Å². The minimum absolute atomic E-state index is 0.0890. The summed E-state index contributed by atoms with van der Waals surface area (Å²) in [6, 6.07) is 9.33. The van der Waals surface area contributed by atoms with Gasteiger partial charge in [0.2, 0.25) is 0 Å². The zero-order valence-corrected chi connectivity index (χ0v) is 12.6. The summed E-state index contributed by atoms with van der Waals surface area (Å²) in [5, 5.41) is 2.46. The van der Waals surface area contributed by atoms with Crippen LogP contribution < -0.4 is 5.32 Å². The van der Waals surface area contributed by atoms with Crippen LogP contribution in [0.25, 0.3) is 11.0 Å². The molecule has 0 aliphatic rings. The van der Waals surface area contributed by atoms with Crippen LogP contribution in [0.3, 0.4) is 0 Å². The van der Waals surface area contributed by atoms with Crippen LogP contribution in [0.2, 0.25) is 0 Å². The van der Waals surface area contributed by atoms with Gasteiger partial charge in [0.15, 0.2) is 0 Å². The molecule has 0 unspecified atom stereocenters. The maximum atomic E-state index is 12.6. The molecule has 1 amide bonds. The number of nitrogens with one attached hydrogen (secondary N) is 1. The van der Waals surface area contributed by atoms with Gasteiger partial charge in [-0.25, -0.2) is 0 Å². The van der Waals surface area contributed by atoms with Gasteiger partial charge >= 0.3 is 129 Å². The molecule has 0 radical (unpaired) electrons. The van der Waals surface area contributed by atoms with Gasteiger partial charge in [0.25, 0.3) is 0 Å². The summed E-state index contributed by atoms with van der Waals surface area (Å²) in [5.74, 6) is -0.489. The molecule has 1 N–H and O–H groups in total. The topological polar surface area (TPSA) is 54.9 Å². The Morgan fingerprint density at radius 3 is 2.59 bits per heavy atom. The molecule has 4 nitrogen and oxygen atoms in total. The number of aromatic nitrogens is 2. The zero-order chi connectivity index (χ0) is 15.7. The van der Waals surface area contributed by atoms with Crippen molar-refractivity contribution in [2.24, 2.45) is 0 Å². The normalized spacial score (nSPS) is 11.6. The van der Waals surface area contributed by atoms with E-state index in [-0.39, 0.29) is 20.6 Å². The second kappa shape index (κ2) is 5.55. The molecular weight excluding hydrogens is 362 g/mol. The summed E-state index contributed by atoms with van der Waals surface area (Å²) in [6.07, 6.45) is -4.45. The van der Waals surface area contributed by atoms with Crippen molar-refractivity contribution in [1.82, 2.24) is 7.96 Å². The fourth-order valence-corrected chi connectivity index (χ4v) is 2.99. The van der Waals surface area contributed by atoms with Crippen LogP contribution in [0.4, 0.5) is 18.9 Å². The molecule has 2 aromatic carbocycles. The van der Waals surface area contributed by atoms with E-state index < -0.39 is 17.6 Å². The predicted octanol–water partition coefficient (Wildman–Crippen LogP) is 2.96. The third kappa shape index (κ3) is 3.03. The first-order valence-electron chi connectivity index (χ1n) is 6.14. The number of rotatable bonds is 2. The van der Waals surface area contributed by atoms with Gasteiger partial charge in [0.1, 0.15) is 0 Å². The van der Waals surface area contributed by atoms with Crippen LogP contribution in [-0.4, -0.2) is 28.8 Å². The Morgan fingerprint density at radius 2 is 1.82 bits per heavy atom. The molecule has 3 rings (SSSR count). The molecule has 0 fully saturated rings. The Hall–Kier alpha value is -2.18. The number of carbonyl (C=O) groups excluding carboxylic acids is 1. The molecule has 0 spiro atoms. The van der Waals surface area contributed by atoms with Gasteiger partial charge in [0.05, 0.1) is 0 Å². The van der Waals surface area contributed by atoms with E-state index in [2.05, 4.69) is 13.3 Å². The molecule has 112 valence electrons. The average Bonchev–Trinajstić information content (AvgIpc) is 2.94. The van der Waals surface area contributed by atoms with Gasteiger partial charge in [-0.05, 0) is 0 Å². The number of nitrogens with zero attached hydrogens (tertiary/aromatic N) is 2. The predicted molar refractivity (Wildman–Crippen MR) is 75.9 cm³/mol. The Bertz CT molecular complexity index is 844. The van der Waals surface area contributed by atoms with Crippen molar-refractivity contribution in [3.8, 4) is 0 Å². The first-order valence-corrected chi connectivity index (χ1v) is 7.68. The summed E-state index contributed by atoms with van der Waals surface area (Å²) >= 11 is -0.196. The average molecular weight is 370 g/mol. The molecule has 0 saturated carbocycles. The molecule has 0 aliphatic heterocycles. The Morgan fingerprint density at radius 1 is 1.05 bits per heavy atom. The number of halogens is 3. The monoisotopic (exact) mass is 371 g/mol. The van der Waals surface area contributed by atoms with Gasteiger partial charge in [-0.2, -0.15) is 0 Å². The number of hydrogen-bond acceptors (Lipinski definition) is 3. The van der Waals surface area contributed by atoms with Crippen LogP contribution in [-0.2, 0) is 6.18 Å². The van der Waals surface area contributed by atoms with Crippen molar-refractivity contribution in [3.05, 3.63) is 53.6 Å². The third-order valence-electron chi connectivity index (χ3n) is 2.96. The number of anilines is 1. The second-order valence-corrected chi connectivity index (χ2v) is 5.61. The fraction of sp³-hybridized carbons (Fsp3) is 0.0714. The molecule has 3 aromatic rings. The summed E-state index contributed by atoms with van der Waals surface area (Å²) in [5.41, 5.74) is 0.974. The molecule has 1 aromatic heterocycles. The van der Waals surface area contributed by atoms with Crippen LogP contribution in [0.15, 0.2) is 42.5 Å². The van der Waals surface area contributed by atoms with Gasteiger partial charge in [-0.1, -0.05) is 0 Å². The third-order valence-corrected chi connectivity index (χ3v) is 4.13. The SMILES string of the molecule is O=C(Nc1cccc(C(F)(F)F)c1)c1ccc2n[se]nc2c1. The number of hydrogen-bond donors (Lipinski definition) is 1. The molecule has 0 atom stereocenters. The van der Waals surface area contributed by atoms with E-state index in [0.29, 0.717) is 11.1 Å². The van der Waals surface area contributed by atoms with Gasteiger partial charge in [0, 0.05) is 0 Å². The van der Waals surface area contributed by atoms with Crippen molar-refractivity contribution in [2.75, 3.05) is 5.32 Å². The summed E-state index contributed by atoms with van der Waals surface area (Å²) in [6.45, 7) is 0. The van der Waals surface area contributed by atoms with Gasteiger partial charge in [-0.3, -0.25) is 0 Å². The number of amides is 1. The van der Waals surface area contributed by atoms with Crippen molar-refractivity contribution in [2.45, 2.75) is 6.18 Å². The van der Waals surface area contributed by atoms with Crippen molar-refractivity contribution >= 4 is 37.6 Å². The molecule has 0 bridgehead atoms. The van der Waals surface area contributed by atoms with Crippen LogP contribution in [0.1, 0.15) is 15.9 Å². The number of alkyl halides is 3. The van der Waals surface area contributed by atoms with Crippen LogP contribution >= 0.6 is 0 Å². The summed E-state index contributed by atoms with van der Waals surface area (Å²) in [7, 11) is 0.